The summed E-state index contributed by atoms with van der Waals surface area (Å²) >= 11 is 0. The Bertz CT molecular complexity index is 558. The second kappa shape index (κ2) is 5.99. The maximum Gasteiger partial charge on any atom is 0.142 e. The first-order chi connectivity index (χ1) is 9.83. The first-order valence-corrected chi connectivity index (χ1v) is 7.34. The quantitative estimate of drug-likeness (QED) is 0.865. The average Bonchev–Trinajstić information content (AvgIpc) is 2.96. The van der Waals surface area contributed by atoms with E-state index in [4.69, 9.17) is 10.5 Å². The number of hydrogen-bond acceptors (Lipinski definition) is 3. The van der Waals surface area contributed by atoms with Gasteiger partial charge in [-0.1, -0.05) is 31.4 Å². The van der Waals surface area contributed by atoms with E-state index in [1.165, 1.54) is 32.1 Å². The largest absolute Gasteiger partial charge is 0.485 e. The maximum atomic E-state index is 5.86. The molecule has 0 spiro atoms. The molecule has 0 saturated heterocycles. The van der Waals surface area contributed by atoms with Crippen molar-refractivity contribution in [3.05, 3.63) is 42.2 Å². The van der Waals surface area contributed by atoms with Crippen molar-refractivity contribution in [2.45, 2.75) is 44.8 Å². The summed E-state index contributed by atoms with van der Waals surface area (Å²) in [4.78, 5) is 0. The van der Waals surface area contributed by atoms with Gasteiger partial charge in [-0.2, -0.15) is 5.10 Å². The zero-order valence-electron chi connectivity index (χ0n) is 11.7. The topological polar surface area (TPSA) is 53.1 Å². The molecule has 3 rings (SSSR count). The Balaban J connectivity index is 1.61. The van der Waals surface area contributed by atoms with Crippen LogP contribution in [-0.2, 0) is 6.61 Å². The van der Waals surface area contributed by atoms with E-state index < -0.39 is 0 Å². The molecule has 1 saturated carbocycles. The van der Waals surface area contributed by atoms with E-state index in [0.717, 1.165) is 11.4 Å². The molecule has 1 aromatic carbocycles. The van der Waals surface area contributed by atoms with Gasteiger partial charge in [-0.25, -0.2) is 0 Å². The SMILES string of the molecule is Nc1ccccc1OCc1ccn(C2CCCCC2)n1. The third-order valence-electron chi connectivity index (χ3n) is 3.91. The van der Waals surface area contributed by atoms with Gasteiger partial charge in [0.05, 0.1) is 17.4 Å². The molecule has 0 bridgehead atoms. The first-order valence-electron chi connectivity index (χ1n) is 7.34. The molecule has 1 heterocycles. The smallest absolute Gasteiger partial charge is 0.142 e. The lowest BCUT2D eigenvalue weighted by Crippen LogP contribution is -2.13. The van der Waals surface area contributed by atoms with Gasteiger partial charge < -0.3 is 10.5 Å². The van der Waals surface area contributed by atoms with Gasteiger partial charge in [-0.3, -0.25) is 4.68 Å². The maximum absolute atomic E-state index is 5.86. The Labute approximate surface area is 119 Å². The molecule has 1 fully saturated rings. The number of nitrogen functional groups attached to an aromatic ring is 1. The summed E-state index contributed by atoms with van der Waals surface area (Å²) < 4.78 is 7.83. The fourth-order valence-corrected chi connectivity index (χ4v) is 2.77. The third kappa shape index (κ3) is 2.95. The summed E-state index contributed by atoms with van der Waals surface area (Å²) in [5.41, 5.74) is 7.48. The van der Waals surface area contributed by atoms with Crippen molar-refractivity contribution in [2.24, 2.45) is 0 Å². The number of nitrogens with two attached hydrogens (primary N) is 1. The fourth-order valence-electron chi connectivity index (χ4n) is 2.77. The van der Waals surface area contributed by atoms with E-state index in [2.05, 4.69) is 16.0 Å². The second-order valence-electron chi connectivity index (χ2n) is 5.41. The van der Waals surface area contributed by atoms with Crippen molar-refractivity contribution in [3.8, 4) is 5.75 Å². The van der Waals surface area contributed by atoms with Crippen LogP contribution in [0.2, 0.25) is 0 Å². The number of anilines is 1. The number of ether oxygens (including phenoxy) is 1. The molecule has 1 aromatic heterocycles. The van der Waals surface area contributed by atoms with Crippen molar-refractivity contribution in [2.75, 3.05) is 5.73 Å². The lowest BCUT2D eigenvalue weighted by atomic mass is 9.96. The van der Waals surface area contributed by atoms with Gasteiger partial charge in [0.2, 0.25) is 0 Å². The summed E-state index contributed by atoms with van der Waals surface area (Å²) in [7, 11) is 0. The van der Waals surface area contributed by atoms with Crippen LogP contribution in [0.4, 0.5) is 5.69 Å². The normalized spacial score (nSPS) is 16.2. The monoisotopic (exact) mass is 271 g/mol. The van der Waals surface area contributed by atoms with Crippen molar-refractivity contribution in [1.29, 1.82) is 0 Å². The second-order valence-corrected chi connectivity index (χ2v) is 5.41. The van der Waals surface area contributed by atoms with Crippen LogP contribution in [0.15, 0.2) is 36.5 Å². The van der Waals surface area contributed by atoms with Crippen molar-refractivity contribution >= 4 is 5.69 Å². The highest BCUT2D eigenvalue weighted by molar-refractivity contribution is 5.51. The summed E-state index contributed by atoms with van der Waals surface area (Å²) in [5, 5.41) is 4.63. The molecule has 1 aliphatic carbocycles. The number of rotatable bonds is 4. The van der Waals surface area contributed by atoms with Crippen LogP contribution in [0.1, 0.15) is 43.8 Å². The molecular formula is C16H21N3O. The van der Waals surface area contributed by atoms with E-state index in [1.54, 1.807) is 0 Å². The molecule has 0 atom stereocenters. The zero-order valence-corrected chi connectivity index (χ0v) is 11.7. The van der Waals surface area contributed by atoms with Crippen LogP contribution in [0, 0.1) is 0 Å². The first kappa shape index (κ1) is 13.0. The predicted molar refractivity (Wildman–Crippen MR) is 79.5 cm³/mol. The molecule has 1 aliphatic rings. The minimum atomic E-state index is 0.466. The highest BCUT2D eigenvalue weighted by atomic mass is 16.5. The van der Waals surface area contributed by atoms with Crippen molar-refractivity contribution in [1.82, 2.24) is 9.78 Å². The van der Waals surface area contributed by atoms with E-state index in [9.17, 15) is 0 Å². The Morgan fingerprint density at radius 3 is 2.75 bits per heavy atom. The fraction of sp³-hybridized carbons (Fsp3) is 0.438. The molecule has 2 aromatic rings. The molecule has 0 amide bonds. The van der Waals surface area contributed by atoms with Gasteiger partial charge in [0.1, 0.15) is 12.4 Å². The summed E-state index contributed by atoms with van der Waals surface area (Å²) in [6.45, 7) is 0.466. The van der Waals surface area contributed by atoms with Crippen LogP contribution in [-0.4, -0.2) is 9.78 Å². The molecule has 4 nitrogen and oxygen atoms in total. The standard InChI is InChI=1S/C16H21N3O/c17-15-8-4-5-9-16(15)20-12-13-10-11-19(18-13)14-6-2-1-3-7-14/h4-5,8-11,14H,1-3,6-7,12,17H2. The Hall–Kier alpha value is -1.97. The van der Waals surface area contributed by atoms with Crippen molar-refractivity contribution in [3.63, 3.8) is 0 Å². The number of hydrogen-bond donors (Lipinski definition) is 1. The predicted octanol–water partition coefficient (Wildman–Crippen LogP) is 3.55. The van der Waals surface area contributed by atoms with Gasteiger partial charge >= 0.3 is 0 Å². The van der Waals surface area contributed by atoms with E-state index >= 15 is 0 Å². The molecule has 0 aliphatic heterocycles. The molecule has 0 radical (unpaired) electrons. The Kier molecular flexibility index (Phi) is 3.90. The summed E-state index contributed by atoms with van der Waals surface area (Å²) in [6, 6.07) is 10.2. The van der Waals surface area contributed by atoms with Crippen LogP contribution in [0.5, 0.6) is 5.75 Å². The lowest BCUT2D eigenvalue weighted by Gasteiger charge is -2.21. The van der Waals surface area contributed by atoms with Gasteiger partial charge in [0.25, 0.3) is 0 Å². The zero-order chi connectivity index (χ0) is 13.8. The van der Waals surface area contributed by atoms with Gasteiger partial charge in [-0.15, -0.1) is 0 Å². The van der Waals surface area contributed by atoms with E-state index in [-0.39, 0.29) is 0 Å². The van der Waals surface area contributed by atoms with Gasteiger partial charge in [0.15, 0.2) is 0 Å². The summed E-state index contributed by atoms with van der Waals surface area (Å²) in [5.74, 6) is 0.722. The molecule has 106 valence electrons. The molecule has 4 heteroatoms. The third-order valence-corrected chi connectivity index (χ3v) is 3.91. The van der Waals surface area contributed by atoms with Gasteiger partial charge in [-0.05, 0) is 31.0 Å². The minimum Gasteiger partial charge on any atom is -0.485 e. The highest BCUT2D eigenvalue weighted by Crippen LogP contribution is 2.27. The van der Waals surface area contributed by atoms with Crippen LogP contribution in [0.3, 0.4) is 0 Å². The average molecular weight is 271 g/mol. The number of para-hydroxylation sites is 2. The molecule has 0 unspecified atom stereocenters. The Morgan fingerprint density at radius 1 is 1.15 bits per heavy atom. The highest BCUT2D eigenvalue weighted by Gasteiger charge is 2.16. The molecular weight excluding hydrogens is 250 g/mol. The molecule has 2 N–H and O–H groups in total. The van der Waals surface area contributed by atoms with Crippen LogP contribution >= 0.6 is 0 Å². The summed E-state index contributed by atoms with van der Waals surface area (Å²) in [6.07, 6.45) is 8.55. The van der Waals surface area contributed by atoms with Crippen LogP contribution < -0.4 is 10.5 Å². The van der Waals surface area contributed by atoms with E-state index in [0.29, 0.717) is 18.3 Å². The van der Waals surface area contributed by atoms with Crippen molar-refractivity contribution < 1.29 is 4.74 Å². The van der Waals surface area contributed by atoms with Gasteiger partial charge in [0, 0.05) is 6.20 Å². The lowest BCUT2D eigenvalue weighted by molar-refractivity contribution is 0.292. The molecule has 20 heavy (non-hydrogen) atoms. The minimum absolute atomic E-state index is 0.466. The number of benzene rings is 1. The van der Waals surface area contributed by atoms with Crippen LogP contribution in [0.25, 0.3) is 0 Å². The van der Waals surface area contributed by atoms with E-state index in [1.807, 2.05) is 30.3 Å². The number of nitrogens with zero attached hydrogens (tertiary/aromatic N) is 2. The number of aromatic nitrogens is 2. The Morgan fingerprint density at radius 2 is 1.95 bits per heavy atom.